The van der Waals surface area contributed by atoms with Crippen LogP contribution >= 0.6 is 0 Å². The minimum absolute atomic E-state index is 0.0455. The number of ketones is 1. The summed E-state index contributed by atoms with van der Waals surface area (Å²) in [6, 6.07) is 4.46. The summed E-state index contributed by atoms with van der Waals surface area (Å²) in [6.07, 6.45) is -4.27. The Hall–Kier alpha value is -1.61. The molecule has 0 spiro atoms. The van der Waals surface area contributed by atoms with E-state index in [0.29, 0.717) is 23.2 Å². The van der Waals surface area contributed by atoms with Gasteiger partial charge in [0.25, 0.3) is 0 Å². The van der Waals surface area contributed by atoms with Gasteiger partial charge in [-0.15, -0.1) is 0 Å². The second-order valence-corrected chi connectivity index (χ2v) is 6.34. The fourth-order valence-corrected chi connectivity index (χ4v) is 3.36. The molecular formula is C12H13F3N2O3S. The van der Waals surface area contributed by atoms with Crippen LogP contribution in [0, 0.1) is 0 Å². The summed E-state index contributed by atoms with van der Waals surface area (Å²) in [7, 11) is -4.26. The maximum atomic E-state index is 12.1. The average molecular weight is 322 g/mol. The van der Waals surface area contributed by atoms with E-state index < -0.39 is 22.9 Å². The number of carbonyl (C=O) groups excluding carboxylic acids is 1. The Morgan fingerprint density at radius 2 is 2.05 bits per heavy atom. The van der Waals surface area contributed by atoms with Gasteiger partial charge in [0.2, 0.25) is 0 Å². The van der Waals surface area contributed by atoms with E-state index in [0.717, 1.165) is 4.31 Å². The van der Waals surface area contributed by atoms with Crippen molar-refractivity contribution in [3.8, 4) is 0 Å². The molecule has 21 heavy (non-hydrogen) atoms. The van der Waals surface area contributed by atoms with Crippen LogP contribution in [0.1, 0.15) is 22.8 Å². The van der Waals surface area contributed by atoms with Crippen LogP contribution in [-0.2, 0) is 16.6 Å². The highest BCUT2D eigenvalue weighted by atomic mass is 32.2. The molecule has 0 unspecified atom stereocenters. The normalized spacial score (nSPS) is 15.1. The van der Waals surface area contributed by atoms with Crippen molar-refractivity contribution < 1.29 is 26.4 Å². The molecule has 1 aliphatic heterocycles. The summed E-state index contributed by atoms with van der Waals surface area (Å²) in [5.41, 5.74) is 1.37. The monoisotopic (exact) mass is 322 g/mol. The summed E-state index contributed by atoms with van der Waals surface area (Å²) >= 11 is 0. The van der Waals surface area contributed by atoms with E-state index >= 15 is 0 Å². The number of anilines is 1. The van der Waals surface area contributed by atoms with Gasteiger partial charge in [-0.1, -0.05) is 0 Å². The zero-order valence-corrected chi connectivity index (χ0v) is 11.9. The van der Waals surface area contributed by atoms with Crippen molar-refractivity contribution in [3.63, 3.8) is 0 Å². The number of rotatable bonds is 4. The van der Waals surface area contributed by atoms with Crippen LogP contribution < -0.4 is 9.03 Å². The molecule has 1 aliphatic rings. The third kappa shape index (κ3) is 3.53. The quantitative estimate of drug-likeness (QED) is 0.857. The fourth-order valence-electron chi connectivity index (χ4n) is 2.09. The molecule has 0 radical (unpaired) electrons. The van der Waals surface area contributed by atoms with Gasteiger partial charge in [0.05, 0.1) is 5.69 Å². The lowest BCUT2D eigenvalue weighted by Crippen LogP contribution is -2.43. The highest BCUT2D eigenvalue weighted by Gasteiger charge is 2.34. The van der Waals surface area contributed by atoms with Crippen LogP contribution in [0.2, 0.25) is 0 Å². The number of benzene rings is 1. The summed E-state index contributed by atoms with van der Waals surface area (Å²) < 4.78 is 62.6. The Balaban J connectivity index is 2.24. The van der Waals surface area contributed by atoms with Crippen molar-refractivity contribution in [3.05, 3.63) is 29.3 Å². The molecule has 0 aliphatic carbocycles. The number of hydrogen-bond acceptors (Lipinski definition) is 3. The van der Waals surface area contributed by atoms with E-state index in [1.807, 2.05) is 0 Å². The minimum atomic E-state index is -4.62. The Bertz CT molecular complexity index is 671. The van der Waals surface area contributed by atoms with Crippen LogP contribution in [0.15, 0.2) is 18.2 Å². The number of Topliss-reactive ketones (excluding diaryl/α,β-unsaturated/α-hetero) is 1. The van der Waals surface area contributed by atoms with Crippen LogP contribution in [0.25, 0.3) is 0 Å². The largest absolute Gasteiger partial charge is 0.402 e. The average Bonchev–Trinajstić information content (AvgIpc) is 2.79. The Kier molecular flexibility index (Phi) is 3.98. The maximum absolute atomic E-state index is 12.1. The number of carbonyl (C=O) groups is 1. The molecular weight excluding hydrogens is 309 g/mol. The first-order valence-corrected chi connectivity index (χ1v) is 7.52. The van der Waals surface area contributed by atoms with Crippen molar-refractivity contribution in [1.82, 2.24) is 4.72 Å². The number of alkyl halides is 3. The second-order valence-electron chi connectivity index (χ2n) is 4.66. The second kappa shape index (κ2) is 5.30. The third-order valence-electron chi connectivity index (χ3n) is 3.08. The fraction of sp³-hybridized carbons (Fsp3) is 0.417. The lowest BCUT2D eigenvalue weighted by atomic mass is 10.1. The molecule has 1 N–H and O–H groups in total. The molecule has 0 fully saturated rings. The molecule has 1 aromatic carbocycles. The van der Waals surface area contributed by atoms with Crippen molar-refractivity contribution in [2.75, 3.05) is 17.4 Å². The molecule has 0 saturated carbocycles. The maximum Gasteiger partial charge on any atom is 0.402 e. The number of fused-ring (bicyclic) bond motifs is 1. The first kappa shape index (κ1) is 15.8. The van der Waals surface area contributed by atoms with Gasteiger partial charge < -0.3 is 0 Å². The Morgan fingerprint density at radius 1 is 1.38 bits per heavy atom. The smallest absolute Gasteiger partial charge is 0.295 e. The summed E-state index contributed by atoms with van der Waals surface area (Å²) in [5.74, 6) is -0.158. The van der Waals surface area contributed by atoms with E-state index in [1.54, 1.807) is 6.07 Å². The number of nitrogens with zero attached hydrogens (tertiary/aromatic N) is 1. The predicted octanol–water partition coefficient (Wildman–Crippen LogP) is 1.65. The first-order valence-electron chi connectivity index (χ1n) is 6.08. The van der Waals surface area contributed by atoms with Crippen LogP contribution in [0.5, 0.6) is 0 Å². The van der Waals surface area contributed by atoms with E-state index in [4.69, 9.17) is 0 Å². The van der Waals surface area contributed by atoms with Crippen molar-refractivity contribution in [1.29, 1.82) is 0 Å². The third-order valence-corrected chi connectivity index (χ3v) is 4.55. The van der Waals surface area contributed by atoms with E-state index in [1.165, 1.54) is 23.8 Å². The zero-order valence-electron chi connectivity index (χ0n) is 11.1. The highest BCUT2D eigenvalue weighted by molar-refractivity contribution is 7.90. The van der Waals surface area contributed by atoms with Crippen LogP contribution in [-0.4, -0.2) is 33.5 Å². The minimum Gasteiger partial charge on any atom is -0.295 e. The van der Waals surface area contributed by atoms with Crippen molar-refractivity contribution in [2.45, 2.75) is 19.5 Å². The van der Waals surface area contributed by atoms with Gasteiger partial charge in [-0.2, -0.15) is 26.3 Å². The van der Waals surface area contributed by atoms with E-state index in [9.17, 15) is 26.4 Å². The molecule has 2 rings (SSSR count). The van der Waals surface area contributed by atoms with Gasteiger partial charge in [0.15, 0.2) is 5.78 Å². The van der Waals surface area contributed by atoms with Gasteiger partial charge in [-0.25, -0.2) is 0 Å². The summed E-state index contributed by atoms with van der Waals surface area (Å²) in [6.45, 7) is -0.188. The lowest BCUT2D eigenvalue weighted by molar-refractivity contribution is -0.121. The van der Waals surface area contributed by atoms with Gasteiger partial charge in [-0.3, -0.25) is 9.10 Å². The topological polar surface area (TPSA) is 66.5 Å². The number of halogens is 3. The zero-order chi connectivity index (χ0) is 15.8. The molecule has 0 bridgehead atoms. The standard InChI is InChI=1S/C12H13F3N2O3S/c1-8(18)9-2-3-11-10(6-9)4-5-17(11)21(19,20)16-7-12(13,14)15/h2-3,6,16H,4-5,7H2,1H3. The SMILES string of the molecule is CC(=O)c1ccc2c(c1)CCN2S(=O)(=O)NCC(F)(F)F. The van der Waals surface area contributed by atoms with Gasteiger partial charge in [-0.05, 0) is 37.1 Å². The van der Waals surface area contributed by atoms with Crippen molar-refractivity contribution >= 4 is 21.7 Å². The van der Waals surface area contributed by atoms with Crippen LogP contribution in [0.3, 0.4) is 0 Å². The number of nitrogens with one attached hydrogen (secondary N) is 1. The molecule has 1 heterocycles. The van der Waals surface area contributed by atoms with Crippen molar-refractivity contribution in [2.24, 2.45) is 0 Å². The molecule has 0 aromatic heterocycles. The molecule has 116 valence electrons. The van der Waals surface area contributed by atoms with Crippen LogP contribution in [0.4, 0.5) is 18.9 Å². The van der Waals surface area contributed by atoms with Gasteiger partial charge in [0.1, 0.15) is 6.54 Å². The lowest BCUT2D eigenvalue weighted by Gasteiger charge is -2.20. The molecule has 5 nitrogen and oxygen atoms in total. The highest BCUT2D eigenvalue weighted by Crippen LogP contribution is 2.31. The van der Waals surface area contributed by atoms with E-state index in [-0.39, 0.29) is 12.3 Å². The molecule has 0 atom stereocenters. The Morgan fingerprint density at radius 3 is 2.62 bits per heavy atom. The summed E-state index contributed by atoms with van der Waals surface area (Å²) in [5, 5.41) is 0. The van der Waals surface area contributed by atoms with Gasteiger partial charge >= 0.3 is 16.4 Å². The Labute approximate surface area is 119 Å². The molecule has 0 saturated heterocycles. The first-order chi connectivity index (χ1) is 9.60. The summed E-state index contributed by atoms with van der Waals surface area (Å²) in [4.78, 5) is 11.3. The van der Waals surface area contributed by atoms with Gasteiger partial charge in [0, 0.05) is 12.1 Å². The molecule has 9 heteroatoms. The predicted molar refractivity (Wildman–Crippen MR) is 70.5 cm³/mol. The molecule has 1 aromatic rings. The number of hydrogen-bond donors (Lipinski definition) is 1. The van der Waals surface area contributed by atoms with E-state index in [2.05, 4.69) is 0 Å². The molecule has 0 amide bonds.